The van der Waals surface area contributed by atoms with Crippen LogP contribution in [0.4, 0.5) is 0 Å². The number of methoxy groups -OCH3 is 1. The van der Waals surface area contributed by atoms with Crippen molar-refractivity contribution in [3.05, 3.63) is 12.2 Å². The molecule has 1 aliphatic carbocycles. The quantitative estimate of drug-likeness (QED) is 0.495. The van der Waals surface area contributed by atoms with Crippen LogP contribution in [0.25, 0.3) is 0 Å². The Balaban J connectivity index is 2.25. The molecule has 1 heterocycles. The van der Waals surface area contributed by atoms with Crippen LogP contribution in [0.1, 0.15) is 19.3 Å². The first kappa shape index (κ1) is 9.68. The molecule has 4 nitrogen and oxygen atoms in total. The van der Waals surface area contributed by atoms with Crippen LogP contribution < -0.4 is 0 Å². The van der Waals surface area contributed by atoms with E-state index in [2.05, 4.69) is 0 Å². The number of aliphatic hydroxyl groups is 1. The molecule has 0 aromatic heterocycles. The van der Waals surface area contributed by atoms with Crippen LogP contribution in [0, 0.1) is 5.41 Å². The van der Waals surface area contributed by atoms with Gasteiger partial charge in [0, 0.05) is 6.42 Å². The lowest BCUT2D eigenvalue weighted by atomic mass is 9.72. The molecule has 0 radical (unpaired) electrons. The number of aliphatic hydroxyl groups excluding tert-OH is 1. The fourth-order valence-electron chi connectivity index (χ4n) is 2.29. The topological polar surface area (TPSA) is 55.8 Å². The molecule has 2 bridgehead atoms. The number of hydrogen-bond acceptors (Lipinski definition) is 4. The first-order valence-electron chi connectivity index (χ1n) is 4.75. The van der Waals surface area contributed by atoms with E-state index in [9.17, 15) is 9.90 Å². The van der Waals surface area contributed by atoms with Crippen molar-refractivity contribution in [2.24, 2.45) is 5.41 Å². The molecule has 0 aromatic carbocycles. The van der Waals surface area contributed by atoms with Gasteiger partial charge >= 0.3 is 5.97 Å². The van der Waals surface area contributed by atoms with Crippen molar-refractivity contribution < 1.29 is 19.4 Å². The summed E-state index contributed by atoms with van der Waals surface area (Å²) >= 11 is 0. The molecule has 2 aliphatic rings. The van der Waals surface area contributed by atoms with Crippen LogP contribution in [0.5, 0.6) is 0 Å². The predicted molar refractivity (Wildman–Crippen MR) is 48.3 cm³/mol. The summed E-state index contributed by atoms with van der Waals surface area (Å²) in [5, 5.41) is 9.46. The molecule has 0 spiro atoms. The number of rotatable bonds is 1. The molecule has 2 rings (SSSR count). The lowest BCUT2D eigenvalue weighted by Crippen LogP contribution is -2.46. The summed E-state index contributed by atoms with van der Waals surface area (Å²) in [5.74, 6) is -0.241. The zero-order chi connectivity index (χ0) is 10.2. The highest BCUT2D eigenvalue weighted by Gasteiger charge is 2.47. The number of esters is 1. The second-order valence-corrected chi connectivity index (χ2v) is 3.94. The van der Waals surface area contributed by atoms with E-state index in [-0.39, 0.29) is 12.1 Å². The van der Waals surface area contributed by atoms with Gasteiger partial charge in [-0.3, -0.25) is 4.79 Å². The molecule has 1 fully saturated rings. The van der Waals surface area contributed by atoms with Gasteiger partial charge in [-0.15, -0.1) is 0 Å². The van der Waals surface area contributed by atoms with E-state index in [1.165, 1.54) is 7.11 Å². The van der Waals surface area contributed by atoms with Gasteiger partial charge in [-0.1, -0.05) is 12.2 Å². The van der Waals surface area contributed by atoms with Crippen molar-refractivity contribution in [3.63, 3.8) is 0 Å². The molecule has 78 valence electrons. The van der Waals surface area contributed by atoms with Crippen LogP contribution in [0.15, 0.2) is 12.2 Å². The van der Waals surface area contributed by atoms with Gasteiger partial charge in [0.25, 0.3) is 0 Å². The van der Waals surface area contributed by atoms with Gasteiger partial charge in [0.05, 0.1) is 18.6 Å². The number of ether oxygens (including phenoxy) is 2. The van der Waals surface area contributed by atoms with Crippen LogP contribution in [-0.4, -0.2) is 30.6 Å². The Morgan fingerprint density at radius 1 is 1.64 bits per heavy atom. The van der Waals surface area contributed by atoms with Gasteiger partial charge in [0.2, 0.25) is 0 Å². The van der Waals surface area contributed by atoms with Crippen LogP contribution in [0.3, 0.4) is 0 Å². The number of carbonyl (C=O) groups is 1. The lowest BCUT2D eigenvalue weighted by Gasteiger charge is -2.41. The second kappa shape index (κ2) is 3.37. The highest BCUT2D eigenvalue weighted by molar-refractivity contribution is 5.77. The van der Waals surface area contributed by atoms with Crippen LogP contribution in [0.2, 0.25) is 0 Å². The summed E-state index contributed by atoms with van der Waals surface area (Å²) in [7, 11) is 1.38. The third kappa shape index (κ3) is 1.44. The summed E-state index contributed by atoms with van der Waals surface area (Å²) in [6.07, 6.45) is 4.41. The highest BCUT2D eigenvalue weighted by atomic mass is 16.6. The largest absolute Gasteiger partial charge is 0.469 e. The molecule has 14 heavy (non-hydrogen) atoms. The zero-order valence-corrected chi connectivity index (χ0v) is 8.10. The van der Waals surface area contributed by atoms with Gasteiger partial charge < -0.3 is 14.6 Å². The van der Waals surface area contributed by atoms with Gasteiger partial charge in [0.15, 0.2) is 6.29 Å². The Morgan fingerprint density at radius 3 is 3.14 bits per heavy atom. The van der Waals surface area contributed by atoms with E-state index in [0.29, 0.717) is 19.3 Å². The fourth-order valence-corrected chi connectivity index (χ4v) is 2.29. The minimum Gasteiger partial charge on any atom is -0.469 e. The standard InChI is InChI=1S/C10H14O4/c1-13-9(12)10-4-2-3-7(5-10)14-8(11)6-10/h2-3,7-8,11H,4-6H2,1H3. The summed E-state index contributed by atoms with van der Waals surface area (Å²) in [5.41, 5.74) is -0.564. The average Bonchev–Trinajstić information content (AvgIpc) is 2.15. The molecule has 1 saturated heterocycles. The predicted octanol–water partition coefficient (Wildman–Crippen LogP) is 0.603. The fraction of sp³-hybridized carbons (Fsp3) is 0.700. The first-order valence-corrected chi connectivity index (χ1v) is 4.75. The van der Waals surface area contributed by atoms with E-state index >= 15 is 0 Å². The maximum atomic E-state index is 11.6. The molecular weight excluding hydrogens is 184 g/mol. The smallest absolute Gasteiger partial charge is 0.312 e. The third-order valence-electron chi connectivity index (χ3n) is 2.97. The normalized spacial score (nSPS) is 40.7. The molecule has 0 saturated carbocycles. The molecular formula is C10H14O4. The molecule has 3 atom stereocenters. The van der Waals surface area contributed by atoms with E-state index < -0.39 is 11.7 Å². The maximum absolute atomic E-state index is 11.6. The summed E-state index contributed by atoms with van der Waals surface area (Å²) in [4.78, 5) is 11.6. The van der Waals surface area contributed by atoms with Crippen molar-refractivity contribution in [2.45, 2.75) is 31.7 Å². The van der Waals surface area contributed by atoms with E-state index in [4.69, 9.17) is 9.47 Å². The van der Waals surface area contributed by atoms with Gasteiger partial charge in [-0.2, -0.15) is 0 Å². The second-order valence-electron chi connectivity index (χ2n) is 3.94. The zero-order valence-electron chi connectivity index (χ0n) is 8.10. The van der Waals surface area contributed by atoms with Crippen molar-refractivity contribution in [3.8, 4) is 0 Å². The van der Waals surface area contributed by atoms with Crippen molar-refractivity contribution in [2.75, 3.05) is 7.11 Å². The lowest BCUT2D eigenvalue weighted by molar-refractivity contribution is -0.202. The molecule has 0 amide bonds. The minimum atomic E-state index is -0.849. The Morgan fingerprint density at radius 2 is 2.43 bits per heavy atom. The molecule has 0 aromatic rings. The van der Waals surface area contributed by atoms with E-state index in [1.54, 1.807) is 0 Å². The minimum absolute atomic E-state index is 0.147. The van der Waals surface area contributed by atoms with Gasteiger partial charge in [-0.25, -0.2) is 0 Å². The maximum Gasteiger partial charge on any atom is 0.312 e. The summed E-state index contributed by atoms with van der Waals surface area (Å²) in [6, 6.07) is 0. The molecule has 3 unspecified atom stereocenters. The summed E-state index contributed by atoms with van der Waals surface area (Å²) < 4.78 is 10.0. The number of carbonyl (C=O) groups excluding carboxylic acids is 1. The number of hydrogen-bond donors (Lipinski definition) is 1. The number of allylic oxidation sites excluding steroid dienone is 1. The van der Waals surface area contributed by atoms with Crippen molar-refractivity contribution in [1.82, 2.24) is 0 Å². The van der Waals surface area contributed by atoms with Crippen molar-refractivity contribution >= 4 is 5.97 Å². The monoisotopic (exact) mass is 198 g/mol. The van der Waals surface area contributed by atoms with Crippen molar-refractivity contribution in [1.29, 1.82) is 0 Å². The first-order chi connectivity index (χ1) is 6.66. The van der Waals surface area contributed by atoms with Crippen LogP contribution >= 0.6 is 0 Å². The Kier molecular flexibility index (Phi) is 2.33. The van der Waals surface area contributed by atoms with Gasteiger partial charge in [-0.05, 0) is 12.8 Å². The SMILES string of the molecule is COC(=O)C12CC=CC(C1)OC(O)C2. The van der Waals surface area contributed by atoms with Gasteiger partial charge in [0.1, 0.15) is 0 Å². The average molecular weight is 198 g/mol. The Labute approximate surface area is 82.5 Å². The van der Waals surface area contributed by atoms with Crippen LogP contribution in [-0.2, 0) is 14.3 Å². The van der Waals surface area contributed by atoms with E-state index in [1.807, 2.05) is 12.2 Å². The summed E-state index contributed by atoms with van der Waals surface area (Å²) in [6.45, 7) is 0. The molecule has 1 aliphatic heterocycles. The Hall–Kier alpha value is -0.870. The number of fused-ring (bicyclic) bond motifs is 2. The third-order valence-corrected chi connectivity index (χ3v) is 2.97. The molecule has 1 N–H and O–H groups in total. The van der Waals surface area contributed by atoms with E-state index in [0.717, 1.165) is 0 Å². The highest BCUT2D eigenvalue weighted by Crippen LogP contribution is 2.43. The molecule has 4 heteroatoms. The Bertz CT molecular complexity index is 273.